The molecule has 1 aromatic heterocycles. The molecule has 0 saturated carbocycles. The van der Waals surface area contributed by atoms with E-state index in [0.29, 0.717) is 18.9 Å². The van der Waals surface area contributed by atoms with Gasteiger partial charge in [0.05, 0.1) is 11.2 Å². The van der Waals surface area contributed by atoms with E-state index < -0.39 is 5.97 Å². The van der Waals surface area contributed by atoms with Gasteiger partial charge in [-0.3, -0.25) is 4.98 Å². The molecule has 2 aromatic rings. The number of nitrogens with one attached hydrogen (secondary N) is 1. The summed E-state index contributed by atoms with van der Waals surface area (Å²) in [5.41, 5.74) is 1.68. The summed E-state index contributed by atoms with van der Waals surface area (Å²) in [6, 6.07) is 7.82. The number of carboxylic acids is 1. The van der Waals surface area contributed by atoms with Crippen molar-refractivity contribution in [1.82, 2.24) is 4.98 Å². The Morgan fingerprint density at radius 2 is 2.05 bits per heavy atom. The zero-order valence-electron chi connectivity index (χ0n) is 11.0. The van der Waals surface area contributed by atoms with E-state index in [9.17, 15) is 9.90 Å². The molecule has 0 unspecified atom stereocenters. The van der Waals surface area contributed by atoms with Crippen LogP contribution in [0.3, 0.4) is 0 Å². The molecule has 1 saturated heterocycles. The third kappa shape index (κ3) is 2.44. The standard InChI is InChI=1S/C15H16N2O3/c18-15(19)12-9-16-13-4-2-1-3-11(13)14(12)17-10-5-7-20-8-6-10/h1-4,9-10H,5-8H2,(H,16,17)(H,18,19). The van der Waals surface area contributed by atoms with Gasteiger partial charge in [0.1, 0.15) is 5.56 Å². The van der Waals surface area contributed by atoms with Crippen LogP contribution in [0.15, 0.2) is 30.5 Å². The fraction of sp³-hybridized carbons (Fsp3) is 0.333. The van der Waals surface area contributed by atoms with E-state index in [1.54, 1.807) is 0 Å². The molecule has 0 bridgehead atoms. The fourth-order valence-electron chi connectivity index (χ4n) is 2.51. The lowest BCUT2D eigenvalue weighted by atomic mass is 10.1. The number of hydrogen-bond donors (Lipinski definition) is 2. The molecular formula is C15H16N2O3. The summed E-state index contributed by atoms with van der Waals surface area (Å²) in [5, 5.41) is 13.6. The summed E-state index contributed by atoms with van der Waals surface area (Å²) in [5.74, 6) is -0.960. The summed E-state index contributed by atoms with van der Waals surface area (Å²) in [6.45, 7) is 1.42. The van der Waals surface area contributed by atoms with Crippen LogP contribution in [-0.4, -0.2) is 35.3 Å². The van der Waals surface area contributed by atoms with E-state index in [2.05, 4.69) is 10.3 Å². The highest BCUT2D eigenvalue weighted by Gasteiger charge is 2.19. The van der Waals surface area contributed by atoms with Gasteiger partial charge in [0.15, 0.2) is 0 Å². The van der Waals surface area contributed by atoms with Gasteiger partial charge in [0, 0.05) is 30.8 Å². The number of carboxylic acid groups (broad SMARTS) is 1. The Hall–Kier alpha value is -2.14. The summed E-state index contributed by atoms with van der Waals surface area (Å²) < 4.78 is 5.33. The largest absolute Gasteiger partial charge is 0.478 e. The minimum atomic E-state index is -0.960. The Labute approximate surface area is 116 Å². The lowest BCUT2D eigenvalue weighted by Gasteiger charge is -2.25. The number of anilines is 1. The van der Waals surface area contributed by atoms with E-state index in [0.717, 1.165) is 23.7 Å². The first kappa shape index (κ1) is 12.9. The number of benzene rings is 1. The van der Waals surface area contributed by atoms with E-state index in [1.807, 2.05) is 24.3 Å². The number of aromatic nitrogens is 1. The molecule has 1 aliphatic heterocycles. The molecule has 0 radical (unpaired) electrons. The Balaban J connectivity index is 2.04. The molecule has 20 heavy (non-hydrogen) atoms. The lowest BCUT2D eigenvalue weighted by Crippen LogP contribution is -2.28. The molecule has 0 aliphatic carbocycles. The average molecular weight is 272 g/mol. The van der Waals surface area contributed by atoms with Gasteiger partial charge in [0.25, 0.3) is 0 Å². The highest BCUT2D eigenvalue weighted by molar-refractivity contribution is 6.04. The Bertz CT molecular complexity index is 636. The molecule has 3 rings (SSSR count). The van der Waals surface area contributed by atoms with Crippen molar-refractivity contribution >= 4 is 22.6 Å². The first-order chi connectivity index (χ1) is 9.75. The maximum Gasteiger partial charge on any atom is 0.339 e. The summed E-state index contributed by atoms with van der Waals surface area (Å²) in [4.78, 5) is 15.6. The van der Waals surface area contributed by atoms with Crippen LogP contribution < -0.4 is 5.32 Å². The second-order valence-electron chi connectivity index (χ2n) is 4.90. The summed E-state index contributed by atoms with van der Waals surface area (Å²) >= 11 is 0. The number of hydrogen-bond acceptors (Lipinski definition) is 4. The first-order valence-corrected chi connectivity index (χ1v) is 6.71. The van der Waals surface area contributed by atoms with Crippen molar-refractivity contribution in [2.75, 3.05) is 18.5 Å². The Morgan fingerprint density at radius 1 is 1.30 bits per heavy atom. The van der Waals surface area contributed by atoms with E-state index in [-0.39, 0.29) is 11.6 Å². The lowest BCUT2D eigenvalue weighted by molar-refractivity contribution is 0.0697. The van der Waals surface area contributed by atoms with Crippen molar-refractivity contribution < 1.29 is 14.6 Å². The number of ether oxygens (including phenoxy) is 1. The number of para-hydroxylation sites is 1. The van der Waals surface area contributed by atoms with Crippen molar-refractivity contribution in [3.63, 3.8) is 0 Å². The minimum Gasteiger partial charge on any atom is -0.478 e. The monoisotopic (exact) mass is 272 g/mol. The van der Waals surface area contributed by atoms with Crippen LogP contribution in [0.1, 0.15) is 23.2 Å². The third-order valence-electron chi connectivity index (χ3n) is 3.58. The van der Waals surface area contributed by atoms with Crippen LogP contribution in [0, 0.1) is 0 Å². The maximum absolute atomic E-state index is 11.4. The highest BCUT2D eigenvalue weighted by atomic mass is 16.5. The van der Waals surface area contributed by atoms with Gasteiger partial charge in [-0.05, 0) is 18.9 Å². The van der Waals surface area contributed by atoms with Gasteiger partial charge in [0.2, 0.25) is 0 Å². The van der Waals surface area contributed by atoms with Crippen LogP contribution in [-0.2, 0) is 4.74 Å². The number of nitrogens with zero attached hydrogens (tertiary/aromatic N) is 1. The van der Waals surface area contributed by atoms with Gasteiger partial charge in [-0.2, -0.15) is 0 Å². The number of rotatable bonds is 3. The molecule has 104 valence electrons. The van der Waals surface area contributed by atoms with Gasteiger partial charge in [-0.1, -0.05) is 18.2 Å². The smallest absolute Gasteiger partial charge is 0.339 e. The average Bonchev–Trinajstić information content (AvgIpc) is 2.48. The zero-order valence-corrected chi connectivity index (χ0v) is 11.0. The normalized spacial score (nSPS) is 16.2. The topological polar surface area (TPSA) is 71.5 Å². The molecular weight excluding hydrogens is 256 g/mol. The van der Waals surface area contributed by atoms with Crippen LogP contribution in [0.25, 0.3) is 10.9 Å². The second-order valence-corrected chi connectivity index (χ2v) is 4.90. The van der Waals surface area contributed by atoms with Gasteiger partial charge in [-0.15, -0.1) is 0 Å². The SMILES string of the molecule is O=C(O)c1cnc2ccccc2c1NC1CCOCC1. The van der Waals surface area contributed by atoms with E-state index in [4.69, 9.17) is 4.74 Å². The maximum atomic E-state index is 11.4. The molecule has 5 nitrogen and oxygen atoms in total. The van der Waals surface area contributed by atoms with Gasteiger partial charge >= 0.3 is 5.97 Å². The minimum absolute atomic E-state index is 0.218. The van der Waals surface area contributed by atoms with Crippen LogP contribution >= 0.6 is 0 Å². The van der Waals surface area contributed by atoms with Crippen molar-refractivity contribution in [2.45, 2.75) is 18.9 Å². The predicted octanol–water partition coefficient (Wildman–Crippen LogP) is 2.52. The summed E-state index contributed by atoms with van der Waals surface area (Å²) in [6.07, 6.45) is 3.19. The molecule has 0 amide bonds. The number of carbonyl (C=O) groups is 1. The van der Waals surface area contributed by atoms with Crippen molar-refractivity contribution in [1.29, 1.82) is 0 Å². The highest BCUT2D eigenvalue weighted by Crippen LogP contribution is 2.28. The van der Waals surface area contributed by atoms with E-state index >= 15 is 0 Å². The quantitative estimate of drug-likeness (QED) is 0.898. The molecule has 2 N–H and O–H groups in total. The second kappa shape index (κ2) is 5.46. The van der Waals surface area contributed by atoms with Crippen LogP contribution in [0.5, 0.6) is 0 Å². The van der Waals surface area contributed by atoms with Gasteiger partial charge < -0.3 is 15.2 Å². The molecule has 5 heteroatoms. The third-order valence-corrected chi connectivity index (χ3v) is 3.58. The molecule has 2 heterocycles. The van der Waals surface area contributed by atoms with Crippen LogP contribution in [0.4, 0.5) is 5.69 Å². The number of pyridine rings is 1. The summed E-state index contributed by atoms with van der Waals surface area (Å²) in [7, 11) is 0. The fourth-order valence-corrected chi connectivity index (χ4v) is 2.51. The first-order valence-electron chi connectivity index (χ1n) is 6.71. The zero-order chi connectivity index (χ0) is 13.9. The molecule has 0 atom stereocenters. The molecule has 1 aromatic carbocycles. The Kier molecular flexibility index (Phi) is 3.52. The number of aromatic carboxylic acids is 1. The van der Waals surface area contributed by atoms with Crippen molar-refractivity contribution in [3.8, 4) is 0 Å². The predicted molar refractivity (Wildman–Crippen MR) is 76.2 cm³/mol. The van der Waals surface area contributed by atoms with Crippen molar-refractivity contribution in [3.05, 3.63) is 36.0 Å². The van der Waals surface area contributed by atoms with E-state index in [1.165, 1.54) is 6.20 Å². The van der Waals surface area contributed by atoms with Crippen molar-refractivity contribution in [2.24, 2.45) is 0 Å². The molecule has 1 aliphatic rings. The van der Waals surface area contributed by atoms with Crippen LogP contribution in [0.2, 0.25) is 0 Å². The molecule has 1 fully saturated rings. The van der Waals surface area contributed by atoms with Gasteiger partial charge in [-0.25, -0.2) is 4.79 Å². The Morgan fingerprint density at radius 3 is 2.80 bits per heavy atom. The molecule has 0 spiro atoms. The number of fused-ring (bicyclic) bond motifs is 1.